The Kier molecular flexibility index (Phi) is 3.54. The topological polar surface area (TPSA) is 96.4 Å². The van der Waals surface area contributed by atoms with Crippen LogP contribution in [0.3, 0.4) is 0 Å². The molecule has 0 amide bonds. The van der Waals surface area contributed by atoms with E-state index < -0.39 is 16.0 Å². The molecule has 0 saturated carbocycles. The second-order valence-corrected chi connectivity index (χ2v) is 6.32. The van der Waals surface area contributed by atoms with Crippen molar-refractivity contribution in [3.63, 3.8) is 0 Å². The van der Waals surface area contributed by atoms with Crippen molar-refractivity contribution in [2.24, 2.45) is 0 Å². The van der Waals surface area contributed by atoms with Crippen LogP contribution in [0.1, 0.15) is 15.2 Å². The van der Waals surface area contributed by atoms with Gasteiger partial charge in [-0.1, -0.05) is 6.07 Å². The molecule has 2 aromatic heterocycles. The van der Waals surface area contributed by atoms with Gasteiger partial charge >= 0.3 is 5.97 Å². The molecule has 0 aromatic carbocycles. The zero-order valence-electron chi connectivity index (χ0n) is 9.82. The molecule has 2 heterocycles. The number of hydrogen-bond acceptors (Lipinski definition) is 5. The summed E-state index contributed by atoms with van der Waals surface area (Å²) in [6.07, 6.45) is 1.47. The molecule has 8 heteroatoms. The Balaban J connectivity index is 2.32. The molecule has 0 aliphatic carbocycles. The maximum Gasteiger partial charge on any atom is 0.345 e. The van der Waals surface area contributed by atoms with Gasteiger partial charge in [-0.25, -0.2) is 18.2 Å². The van der Waals surface area contributed by atoms with Crippen LogP contribution in [-0.2, 0) is 10.0 Å². The zero-order chi connectivity index (χ0) is 14.0. The molecule has 19 heavy (non-hydrogen) atoms. The fourth-order valence-corrected chi connectivity index (χ4v) is 3.54. The fourth-order valence-electron chi connectivity index (χ4n) is 1.35. The highest BCUT2D eigenvalue weighted by atomic mass is 32.2. The van der Waals surface area contributed by atoms with E-state index in [1.165, 1.54) is 11.6 Å². The van der Waals surface area contributed by atoms with Crippen LogP contribution in [0, 0.1) is 6.92 Å². The van der Waals surface area contributed by atoms with Gasteiger partial charge in [0.15, 0.2) is 0 Å². The average molecular weight is 298 g/mol. The smallest absolute Gasteiger partial charge is 0.345 e. The van der Waals surface area contributed by atoms with Gasteiger partial charge in [0.1, 0.15) is 10.7 Å². The molecule has 0 spiro atoms. The number of nitrogens with zero attached hydrogens (tertiary/aromatic N) is 1. The van der Waals surface area contributed by atoms with Crippen LogP contribution in [0.25, 0.3) is 0 Å². The molecule has 2 rings (SSSR count). The van der Waals surface area contributed by atoms with Gasteiger partial charge in [-0.15, -0.1) is 11.3 Å². The molecule has 0 unspecified atom stereocenters. The minimum absolute atomic E-state index is 0.0295. The first-order valence-electron chi connectivity index (χ1n) is 5.16. The average Bonchev–Trinajstić information content (AvgIpc) is 2.82. The third-order valence-corrected chi connectivity index (χ3v) is 4.72. The molecule has 0 aliphatic rings. The minimum Gasteiger partial charge on any atom is -0.477 e. The maximum atomic E-state index is 12.1. The Morgan fingerprint density at radius 3 is 2.79 bits per heavy atom. The monoisotopic (exact) mass is 298 g/mol. The van der Waals surface area contributed by atoms with Crippen LogP contribution in [0.4, 0.5) is 5.82 Å². The number of carboxylic acid groups (broad SMARTS) is 1. The Hall–Kier alpha value is -1.93. The van der Waals surface area contributed by atoms with E-state index in [-0.39, 0.29) is 15.6 Å². The van der Waals surface area contributed by atoms with E-state index >= 15 is 0 Å². The van der Waals surface area contributed by atoms with Gasteiger partial charge in [-0.3, -0.25) is 4.72 Å². The Labute approximate surface area is 113 Å². The molecule has 100 valence electrons. The molecular formula is C11H10N2O4S2. The number of pyridine rings is 1. The number of sulfonamides is 1. The Morgan fingerprint density at radius 1 is 1.47 bits per heavy atom. The van der Waals surface area contributed by atoms with E-state index in [0.717, 1.165) is 17.4 Å². The number of rotatable bonds is 4. The SMILES string of the molecule is Cc1cccnc1NS(=O)(=O)c1csc(C(=O)O)c1. The highest BCUT2D eigenvalue weighted by molar-refractivity contribution is 7.92. The first-order chi connectivity index (χ1) is 8.90. The van der Waals surface area contributed by atoms with Crippen molar-refractivity contribution in [2.45, 2.75) is 11.8 Å². The Bertz CT molecular complexity index is 722. The van der Waals surface area contributed by atoms with Gasteiger partial charge in [0.05, 0.1) is 4.90 Å². The quantitative estimate of drug-likeness (QED) is 0.899. The summed E-state index contributed by atoms with van der Waals surface area (Å²) in [5.74, 6) is -0.925. The van der Waals surface area contributed by atoms with E-state index in [1.54, 1.807) is 19.1 Å². The number of aryl methyl sites for hydroxylation is 1. The predicted octanol–water partition coefficient (Wildman–Crippen LogP) is 1.95. The highest BCUT2D eigenvalue weighted by Crippen LogP contribution is 2.22. The van der Waals surface area contributed by atoms with Crippen molar-refractivity contribution < 1.29 is 18.3 Å². The number of nitrogens with one attached hydrogen (secondary N) is 1. The second-order valence-electron chi connectivity index (χ2n) is 3.73. The maximum absolute atomic E-state index is 12.1. The van der Waals surface area contributed by atoms with E-state index in [2.05, 4.69) is 9.71 Å². The second kappa shape index (κ2) is 4.98. The summed E-state index contributed by atoms with van der Waals surface area (Å²) in [6, 6.07) is 4.54. The highest BCUT2D eigenvalue weighted by Gasteiger charge is 2.19. The number of hydrogen-bond donors (Lipinski definition) is 2. The van der Waals surface area contributed by atoms with Crippen molar-refractivity contribution >= 4 is 33.1 Å². The largest absolute Gasteiger partial charge is 0.477 e. The molecule has 6 nitrogen and oxygen atoms in total. The van der Waals surface area contributed by atoms with Gasteiger partial charge in [0, 0.05) is 11.6 Å². The summed E-state index contributed by atoms with van der Waals surface area (Å²) < 4.78 is 26.4. The molecule has 2 N–H and O–H groups in total. The summed E-state index contributed by atoms with van der Waals surface area (Å²) in [4.78, 5) is 14.6. The molecule has 0 fully saturated rings. The normalized spacial score (nSPS) is 11.2. The van der Waals surface area contributed by atoms with E-state index in [4.69, 9.17) is 5.11 Å². The van der Waals surface area contributed by atoms with E-state index in [0.29, 0.717) is 5.56 Å². The molecule has 0 radical (unpaired) electrons. The summed E-state index contributed by atoms with van der Waals surface area (Å²) >= 11 is 0.860. The summed E-state index contributed by atoms with van der Waals surface area (Å²) in [5, 5.41) is 10.1. The molecule has 0 saturated heterocycles. The summed E-state index contributed by atoms with van der Waals surface area (Å²) in [6.45, 7) is 1.72. The number of carboxylic acids is 1. The predicted molar refractivity (Wildman–Crippen MR) is 71.1 cm³/mol. The first-order valence-corrected chi connectivity index (χ1v) is 7.53. The molecular weight excluding hydrogens is 288 g/mol. The van der Waals surface area contributed by atoms with Gasteiger partial charge in [-0.2, -0.15) is 0 Å². The molecule has 0 aliphatic heterocycles. The van der Waals surface area contributed by atoms with Crippen LogP contribution < -0.4 is 4.72 Å². The van der Waals surface area contributed by atoms with Crippen molar-refractivity contribution in [3.8, 4) is 0 Å². The summed E-state index contributed by atoms with van der Waals surface area (Å²) in [5.41, 5.74) is 0.680. The third-order valence-electron chi connectivity index (χ3n) is 2.34. The van der Waals surface area contributed by atoms with Crippen LogP contribution in [0.5, 0.6) is 0 Å². The molecule has 0 atom stereocenters. The standard InChI is InChI=1S/C11H10N2O4S2/c1-7-3-2-4-12-10(7)13-19(16,17)8-5-9(11(14)15)18-6-8/h2-6H,1H3,(H,12,13)(H,14,15). The van der Waals surface area contributed by atoms with Crippen molar-refractivity contribution in [2.75, 3.05) is 4.72 Å². The van der Waals surface area contributed by atoms with Crippen LogP contribution in [-0.4, -0.2) is 24.5 Å². The number of aromatic carboxylic acids is 1. The summed E-state index contributed by atoms with van der Waals surface area (Å²) in [7, 11) is -3.81. The van der Waals surface area contributed by atoms with E-state index in [1.807, 2.05) is 0 Å². The van der Waals surface area contributed by atoms with Crippen molar-refractivity contribution in [1.82, 2.24) is 4.98 Å². The lowest BCUT2D eigenvalue weighted by atomic mass is 10.3. The number of carbonyl (C=O) groups is 1. The minimum atomic E-state index is -3.81. The lowest BCUT2D eigenvalue weighted by Gasteiger charge is -2.07. The Morgan fingerprint density at radius 2 is 2.21 bits per heavy atom. The van der Waals surface area contributed by atoms with Crippen molar-refractivity contribution in [1.29, 1.82) is 0 Å². The van der Waals surface area contributed by atoms with Gasteiger partial charge in [0.25, 0.3) is 10.0 Å². The number of thiophene rings is 1. The van der Waals surface area contributed by atoms with Crippen LogP contribution >= 0.6 is 11.3 Å². The van der Waals surface area contributed by atoms with E-state index in [9.17, 15) is 13.2 Å². The van der Waals surface area contributed by atoms with Crippen LogP contribution in [0.15, 0.2) is 34.7 Å². The van der Waals surface area contributed by atoms with Gasteiger partial charge < -0.3 is 5.11 Å². The molecule has 2 aromatic rings. The van der Waals surface area contributed by atoms with Gasteiger partial charge in [0.2, 0.25) is 0 Å². The molecule has 0 bridgehead atoms. The van der Waals surface area contributed by atoms with Crippen LogP contribution in [0.2, 0.25) is 0 Å². The fraction of sp³-hybridized carbons (Fsp3) is 0.0909. The van der Waals surface area contributed by atoms with Gasteiger partial charge in [-0.05, 0) is 24.6 Å². The third kappa shape index (κ3) is 2.91. The zero-order valence-corrected chi connectivity index (χ0v) is 11.5. The number of anilines is 1. The lowest BCUT2D eigenvalue weighted by Crippen LogP contribution is -2.14. The van der Waals surface area contributed by atoms with Crippen molar-refractivity contribution in [3.05, 3.63) is 40.2 Å². The number of aromatic nitrogens is 1. The lowest BCUT2D eigenvalue weighted by molar-refractivity contribution is 0.0702. The first kappa shape index (κ1) is 13.5.